The lowest BCUT2D eigenvalue weighted by atomic mass is 10.1. The summed E-state index contributed by atoms with van der Waals surface area (Å²) in [5, 5.41) is 13.1. The van der Waals surface area contributed by atoms with Gasteiger partial charge < -0.3 is 15.3 Å². The minimum absolute atomic E-state index is 0.0892. The Morgan fingerprint density at radius 3 is 2.52 bits per heavy atom. The molecule has 25 heavy (non-hydrogen) atoms. The number of aliphatic hydroxyl groups excluding tert-OH is 1. The number of nitrogens with one attached hydrogen (secondary N) is 1. The molecule has 2 aromatic rings. The number of carbonyl (C=O) groups excluding carboxylic acids is 2. The molecular weight excluding hydrogens is 316 g/mol. The van der Waals surface area contributed by atoms with Gasteiger partial charge in [-0.2, -0.15) is 0 Å². The zero-order valence-corrected chi connectivity index (χ0v) is 14.2. The smallest absolute Gasteiger partial charge is 0.251 e. The maximum absolute atomic E-state index is 12.8. The van der Waals surface area contributed by atoms with Gasteiger partial charge in [-0.3, -0.25) is 9.59 Å². The molecule has 2 N–H and O–H groups in total. The van der Waals surface area contributed by atoms with Crippen LogP contribution in [0.3, 0.4) is 0 Å². The second-order valence-electron chi connectivity index (χ2n) is 6.07. The molecule has 0 saturated heterocycles. The van der Waals surface area contributed by atoms with E-state index in [4.69, 9.17) is 0 Å². The topological polar surface area (TPSA) is 69.6 Å². The molecule has 128 valence electrons. The highest BCUT2D eigenvalue weighted by Crippen LogP contribution is 2.34. The maximum Gasteiger partial charge on any atom is 0.251 e. The first kappa shape index (κ1) is 16.8. The fourth-order valence-corrected chi connectivity index (χ4v) is 2.92. The summed E-state index contributed by atoms with van der Waals surface area (Å²) < 4.78 is 0. The van der Waals surface area contributed by atoms with Crippen LogP contribution < -0.4 is 10.2 Å². The highest BCUT2D eigenvalue weighted by atomic mass is 16.3. The fraction of sp³-hybridized carbons (Fsp3) is 0.200. The van der Waals surface area contributed by atoms with Crippen molar-refractivity contribution < 1.29 is 14.7 Å². The Morgan fingerprint density at radius 1 is 1.16 bits per heavy atom. The third-order valence-corrected chi connectivity index (χ3v) is 4.33. The highest BCUT2D eigenvalue weighted by molar-refractivity contribution is 6.10. The van der Waals surface area contributed by atoms with Crippen LogP contribution >= 0.6 is 0 Å². The summed E-state index contributed by atoms with van der Waals surface area (Å²) in [5.41, 5.74) is 3.30. The van der Waals surface area contributed by atoms with E-state index in [1.165, 1.54) is 7.05 Å². The average Bonchev–Trinajstić information content (AvgIpc) is 2.73. The summed E-state index contributed by atoms with van der Waals surface area (Å²) in [5.74, 6) is -0.816. The first-order chi connectivity index (χ1) is 12.0. The van der Waals surface area contributed by atoms with Crippen molar-refractivity contribution in [2.45, 2.75) is 19.9 Å². The molecule has 3 rings (SSSR count). The fourth-order valence-electron chi connectivity index (χ4n) is 2.92. The lowest BCUT2D eigenvalue weighted by Crippen LogP contribution is -2.31. The molecule has 0 radical (unpaired) electrons. The first-order valence-electron chi connectivity index (χ1n) is 8.10. The summed E-state index contributed by atoms with van der Waals surface area (Å²) >= 11 is 0. The van der Waals surface area contributed by atoms with Gasteiger partial charge in [0.15, 0.2) is 0 Å². The lowest BCUT2D eigenvalue weighted by Gasteiger charge is -2.23. The van der Waals surface area contributed by atoms with Gasteiger partial charge in [-0.25, -0.2) is 0 Å². The van der Waals surface area contributed by atoms with Crippen molar-refractivity contribution in [3.05, 3.63) is 70.8 Å². The Morgan fingerprint density at radius 2 is 1.84 bits per heavy atom. The molecule has 1 heterocycles. The molecule has 2 amide bonds. The standard InChI is InChI=1S/C20H20N2O3/c1-13-7-9-14(10-8-13)12-22-17-6-4-3-5-15(17)19(24)16(11-18(22)23)20(25)21-2/h3-10,24H,11-12H2,1-2H3,(H,21,25). The summed E-state index contributed by atoms with van der Waals surface area (Å²) in [6.07, 6.45) is -0.147. The number of rotatable bonds is 3. The van der Waals surface area contributed by atoms with Gasteiger partial charge >= 0.3 is 0 Å². The quantitative estimate of drug-likeness (QED) is 0.905. The zero-order valence-electron chi connectivity index (χ0n) is 14.2. The molecule has 0 unspecified atom stereocenters. The van der Waals surface area contributed by atoms with Gasteiger partial charge in [0, 0.05) is 12.6 Å². The molecular formula is C20H20N2O3. The number of aryl methyl sites for hydroxylation is 1. The number of hydrogen-bond donors (Lipinski definition) is 2. The van der Waals surface area contributed by atoms with E-state index in [9.17, 15) is 14.7 Å². The number of hydrogen-bond acceptors (Lipinski definition) is 3. The second kappa shape index (κ2) is 6.81. The van der Waals surface area contributed by atoms with Crippen LogP contribution in [-0.4, -0.2) is 24.0 Å². The van der Waals surface area contributed by atoms with Gasteiger partial charge in [0.25, 0.3) is 5.91 Å². The number of aliphatic hydroxyl groups is 1. The number of anilines is 1. The van der Waals surface area contributed by atoms with Gasteiger partial charge in [-0.1, -0.05) is 42.0 Å². The number of benzene rings is 2. The van der Waals surface area contributed by atoms with Crippen molar-refractivity contribution in [2.75, 3.05) is 11.9 Å². The molecule has 1 aliphatic heterocycles. The van der Waals surface area contributed by atoms with E-state index in [0.717, 1.165) is 11.1 Å². The third kappa shape index (κ3) is 3.26. The van der Waals surface area contributed by atoms with Gasteiger partial charge in [-0.05, 0) is 24.6 Å². The van der Waals surface area contributed by atoms with Crippen molar-refractivity contribution >= 4 is 23.3 Å². The van der Waals surface area contributed by atoms with Crippen molar-refractivity contribution in [1.29, 1.82) is 0 Å². The normalized spacial score (nSPS) is 14.2. The molecule has 0 saturated carbocycles. The van der Waals surface area contributed by atoms with E-state index in [1.807, 2.05) is 37.3 Å². The molecule has 2 aromatic carbocycles. The van der Waals surface area contributed by atoms with Crippen molar-refractivity contribution in [3.63, 3.8) is 0 Å². The Labute approximate surface area is 146 Å². The summed E-state index contributed by atoms with van der Waals surface area (Å²) in [7, 11) is 1.48. The van der Waals surface area contributed by atoms with Crippen molar-refractivity contribution in [1.82, 2.24) is 5.32 Å². The van der Waals surface area contributed by atoms with Crippen LogP contribution in [0.5, 0.6) is 0 Å². The van der Waals surface area contributed by atoms with E-state index in [1.54, 1.807) is 23.1 Å². The maximum atomic E-state index is 12.8. The molecule has 0 bridgehead atoms. The summed E-state index contributed by atoms with van der Waals surface area (Å²) in [6, 6.07) is 15.0. The Hall–Kier alpha value is -3.08. The highest BCUT2D eigenvalue weighted by Gasteiger charge is 2.30. The number of likely N-dealkylation sites (N-methyl/N-ethyl adjacent to an activating group) is 1. The van der Waals surface area contributed by atoms with Crippen LogP contribution in [0.25, 0.3) is 5.76 Å². The Bertz CT molecular complexity index is 853. The van der Waals surface area contributed by atoms with Crippen LogP contribution in [-0.2, 0) is 16.1 Å². The SMILES string of the molecule is CNC(=O)C1=C(O)c2ccccc2N(Cc2ccc(C)cc2)C(=O)C1. The average molecular weight is 336 g/mol. The van der Waals surface area contributed by atoms with E-state index < -0.39 is 5.91 Å². The first-order valence-corrected chi connectivity index (χ1v) is 8.10. The molecule has 5 nitrogen and oxygen atoms in total. The van der Waals surface area contributed by atoms with Gasteiger partial charge in [0.1, 0.15) is 5.76 Å². The van der Waals surface area contributed by atoms with E-state index in [2.05, 4.69) is 5.32 Å². The van der Waals surface area contributed by atoms with Crippen LogP contribution in [0, 0.1) is 6.92 Å². The number of nitrogens with zero attached hydrogens (tertiary/aromatic N) is 1. The number of para-hydroxylation sites is 1. The Balaban J connectivity index is 2.05. The van der Waals surface area contributed by atoms with Crippen molar-refractivity contribution in [2.24, 2.45) is 0 Å². The number of carbonyl (C=O) groups is 2. The minimum Gasteiger partial charge on any atom is -0.507 e. The summed E-state index contributed by atoms with van der Waals surface area (Å²) in [4.78, 5) is 26.5. The Kier molecular flexibility index (Phi) is 4.57. The number of fused-ring (bicyclic) bond motifs is 1. The van der Waals surface area contributed by atoms with Gasteiger partial charge in [0.05, 0.1) is 24.2 Å². The monoisotopic (exact) mass is 336 g/mol. The van der Waals surface area contributed by atoms with Crippen LogP contribution in [0.2, 0.25) is 0 Å². The molecule has 0 fully saturated rings. The van der Waals surface area contributed by atoms with Crippen LogP contribution in [0.4, 0.5) is 5.69 Å². The van der Waals surface area contributed by atoms with E-state index >= 15 is 0 Å². The third-order valence-electron chi connectivity index (χ3n) is 4.33. The van der Waals surface area contributed by atoms with Gasteiger partial charge in [-0.15, -0.1) is 0 Å². The van der Waals surface area contributed by atoms with E-state index in [0.29, 0.717) is 17.8 Å². The molecule has 0 aliphatic carbocycles. The predicted octanol–water partition coefficient (Wildman–Crippen LogP) is 2.95. The van der Waals surface area contributed by atoms with Crippen LogP contribution in [0.1, 0.15) is 23.1 Å². The number of amides is 2. The molecule has 5 heteroatoms. The van der Waals surface area contributed by atoms with Gasteiger partial charge in [0.2, 0.25) is 5.91 Å². The second-order valence-corrected chi connectivity index (χ2v) is 6.07. The molecule has 0 aromatic heterocycles. The van der Waals surface area contributed by atoms with E-state index in [-0.39, 0.29) is 23.7 Å². The molecule has 1 aliphatic rings. The molecule has 0 spiro atoms. The summed E-state index contributed by atoms with van der Waals surface area (Å²) in [6.45, 7) is 2.39. The predicted molar refractivity (Wildman–Crippen MR) is 97.0 cm³/mol. The minimum atomic E-state index is -0.446. The molecule has 0 atom stereocenters. The zero-order chi connectivity index (χ0) is 18.0. The lowest BCUT2D eigenvalue weighted by molar-refractivity contribution is -0.121. The van der Waals surface area contributed by atoms with Crippen molar-refractivity contribution in [3.8, 4) is 0 Å². The largest absolute Gasteiger partial charge is 0.507 e. The van der Waals surface area contributed by atoms with Crippen LogP contribution in [0.15, 0.2) is 54.1 Å².